The smallest absolute Gasteiger partial charge is 0.0589 e. The van der Waals surface area contributed by atoms with Crippen molar-refractivity contribution < 1.29 is 9.84 Å². The maximum absolute atomic E-state index is 9.75. The first-order valence-electron chi connectivity index (χ1n) is 7.24. The van der Waals surface area contributed by atoms with E-state index in [2.05, 4.69) is 40.7 Å². The van der Waals surface area contributed by atoms with E-state index in [4.69, 9.17) is 4.74 Å². The van der Waals surface area contributed by atoms with Gasteiger partial charge in [-0.25, -0.2) is 0 Å². The van der Waals surface area contributed by atoms with Gasteiger partial charge in [0.15, 0.2) is 0 Å². The molecule has 1 saturated heterocycles. The Hall–Kier alpha value is -0.860. The van der Waals surface area contributed by atoms with Crippen LogP contribution in [0.5, 0.6) is 0 Å². The van der Waals surface area contributed by atoms with Crippen molar-refractivity contribution in [2.45, 2.75) is 46.5 Å². The molecule has 2 heteroatoms. The molecule has 0 radical (unpaired) electrons. The van der Waals surface area contributed by atoms with Gasteiger partial charge in [0, 0.05) is 12.0 Å². The second-order valence-electron chi connectivity index (χ2n) is 6.07. The van der Waals surface area contributed by atoms with Gasteiger partial charge in [-0.2, -0.15) is 0 Å². The van der Waals surface area contributed by atoms with Crippen molar-refractivity contribution in [1.29, 1.82) is 0 Å². The summed E-state index contributed by atoms with van der Waals surface area (Å²) in [5.41, 5.74) is 6.89. The van der Waals surface area contributed by atoms with Crippen LogP contribution in [0.3, 0.4) is 0 Å². The summed E-state index contributed by atoms with van der Waals surface area (Å²) in [5.74, 6) is 0.292. The number of aliphatic hydroxyl groups excluding tert-OH is 1. The number of ether oxygens (including phenoxy) is 1. The Labute approximate surface area is 116 Å². The Morgan fingerprint density at radius 3 is 2.00 bits per heavy atom. The van der Waals surface area contributed by atoms with Gasteiger partial charge in [-0.1, -0.05) is 19.4 Å². The summed E-state index contributed by atoms with van der Waals surface area (Å²) in [7, 11) is 0. The number of hydrogen-bond acceptors (Lipinski definition) is 2. The molecule has 1 aliphatic rings. The largest absolute Gasteiger partial charge is 0.396 e. The second-order valence-corrected chi connectivity index (χ2v) is 6.07. The van der Waals surface area contributed by atoms with E-state index in [9.17, 15) is 5.11 Å². The zero-order valence-electron chi connectivity index (χ0n) is 12.8. The second kappa shape index (κ2) is 5.26. The van der Waals surface area contributed by atoms with Crippen LogP contribution in [0.2, 0.25) is 0 Å². The lowest BCUT2D eigenvalue weighted by molar-refractivity contribution is -0.102. The Morgan fingerprint density at radius 2 is 1.68 bits per heavy atom. The van der Waals surface area contributed by atoms with Crippen LogP contribution >= 0.6 is 0 Å². The van der Waals surface area contributed by atoms with Crippen molar-refractivity contribution >= 4 is 0 Å². The molecule has 1 aromatic carbocycles. The fourth-order valence-corrected chi connectivity index (χ4v) is 3.56. The topological polar surface area (TPSA) is 29.5 Å². The first-order chi connectivity index (χ1) is 8.97. The van der Waals surface area contributed by atoms with Gasteiger partial charge in [-0.3, -0.25) is 0 Å². The molecule has 0 amide bonds. The molecule has 1 aliphatic heterocycles. The van der Waals surface area contributed by atoms with Crippen LogP contribution in [-0.2, 0) is 10.2 Å². The van der Waals surface area contributed by atoms with Crippen molar-refractivity contribution in [3.05, 3.63) is 33.9 Å². The Balaban J connectivity index is 2.62. The van der Waals surface area contributed by atoms with Crippen LogP contribution in [0.15, 0.2) is 6.07 Å². The summed E-state index contributed by atoms with van der Waals surface area (Å²) < 4.78 is 5.56. The van der Waals surface area contributed by atoms with Crippen LogP contribution in [0.25, 0.3) is 0 Å². The standard InChI is InChI=1S/C17H26O2/c1-6-15(8-18)17(9-19-10-17)16-13(4)11(2)7-12(3)14(16)5/h7,15,18H,6,8-10H2,1-5H3. The van der Waals surface area contributed by atoms with Crippen LogP contribution in [0.4, 0.5) is 0 Å². The minimum atomic E-state index is 0.0223. The average Bonchev–Trinajstić information content (AvgIpc) is 2.33. The monoisotopic (exact) mass is 262 g/mol. The van der Waals surface area contributed by atoms with Crippen LogP contribution in [0, 0.1) is 33.6 Å². The fraction of sp³-hybridized carbons (Fsp3) is 0.647. The molecule has 0 spiro atoms. The lowest BCUT2D eigenvalue weighted by Crippen LogP contribution is -2.54. The van der Waals surface area contributed by atoms with Gasteiger partial charge in [0.25, 0.3) is 0 Å². The molecule has 1 unspecified atom stereocenters. The van der Waals surface area contributed by atoms with E-state index in [1.807, 2.05) is 0 Å². The summed E-state index contributed by atoms with van der Waals surface area (Å²) in [6.07, 6.45) is 0.992. The fourth-order valence-electron chi connectivity index (χ4n) is 3.56. The van der Waals surface area contributed by atoms with Crippen molar-refractivity contribution in [3.8, 4) is 0 Å². The van der Waals surface area contributed by atoms with Gasteiger partial charge >= 0.3 is 0 Å². The molecule has 1 N–H and O–H groups in total. The summed E-state index contributed by atoms with van der Waals surface area (Å²) in [6.45, 7) is 12.7. The van der Waals surface area contributed by atoms with Gasteiger partial charge in [-0.15, -0.1) is 0 Å². The normalized spacial score (nSPS) is 19.1. The number of hydrogen-bond donors (Lipinski definition) is 1. The highest BCUT2D eigenvalue weighted by molar-refractivity contribution is 5.49. The van der Waals surface area contributed by atoms with Gasteiger partial charge in [0.05, 0.1) is 13.2 Å². The van der Waals surface area contributed by atoms with Crippen LogP contribution < -0.4 is 0 Å². The van der Waals surface area contributed by atoms with Crippen molar-refractivity contribution in [3.63, 3.8) is 0 Å². The number of aryl methyl sites for hydroxylation is 2. The molecule has 0 aromatic heterocycles. The molecule has 0 bridgehead atoms. The lowest BCUT2D eigenvalue weighted by atomic mass is 9.64. The van der Waals surface area contributed by atoms with Gasteiger partial charge < -0.3 is 9.84 Å². The predicted molar refractivity (Wildman–Crippen MR) is 78.8 cm³/mol. The van der Waals surface area contributed by atoms with E-state index in [1.165, 1.54) is 27.8 Å². The van der Waals surface area contributed by atoms with E-state index in [1.54, 1.807) is 0 Å². The third-order valence-corrected chi connectivity index (χ3v) is 5.08. The summed E-state index contributed by atoms with van der Waals surface area (Å²) in [6, 6.07) is 2.27. The van der Waals surface area contributed by atoms with Crippen molar-refractivity contribution in [1.82, 2.24) is 0 Å². The van der Waals surface area contributed by atoms with Crippen LogP contribution in [-0.4, -0.2) is 24.9 Å². The third-order valence-electron chi connectivity index (χ3n) is 5.08. The van der Waals surface area contributed by atoms with E-state index in [0.29, 0.717) is 5.92 Å². The average molecular weight is 262 g/mol. The minimum absolute atomic E-state index is 0.0223. The molecule has 1 fully saturated rings. The Bertz CT molecular complexity index is 442. The number of benzene rings is 1. The number of rotatable bonds is 4. The molecule has 1 atom stereocenters. The Morgan fingerprint density at radius 1 is 1.16 bits per heavy atom. The van der Waals surface area contributed by atoms with E-state index < -0.39 is 0 Å². The highest BCUT2D eigenvalue weighted by Gasteiger charge is 2.47. The van der Waals surface area contributed by atoms with Gasteiger partial charge in [0.2, 0.25) is 0 Å². The molecule has 1 heterocycles. The lowest BCUT2D eigenvalue weighted by Gasteiger charge is -2.49. The molecule has 2 nitrogen and oxygen atoms in total. The van der Waals surface area contributed by atoms with E-state index >= 15 is 0 Å². The molecular formula is C17H26O2. The Kier molecular flexibility index (Phi) is 4.03. The summed E-state index contributed by atoms with van der Waals surface area (Å²) in [4.78, 5) is 0. The first kappa shape index (κ1) is 14.5. The highest BCUT2D eigenvalue weighted by Crippen LogP contribution is 2.45. The summed E-state index contributed by atoms with van der Waals surface area (Å²) in [5, 5.41) is 9.75. The molecule has 2 rings (SSSR count). The predicted octanol–water partition coefficient (Wildman–Crippen LogP) is 3.21. The SMILES string of the molecule is CCC(CO)C1(c2c(C)c(C)cc(C)c2C)COC1. The quantitative estimate of drug-likeness (QED) is 0.903. The maximum Gasteiger partial charge on any atom is 0.0589 e. The van der Waals surface area contributed by atoms with Gasteiger partial charge in [0.1, 0.15) is 0 Å². The van der Waals surface area contributed by atoms with Gasteiger partial charge in [-0.05, 0) is 61.4 Å². The van der Waals surface area contributed by atoms with E-state index in [0.717, 1.165) is 19.6 Å². The first-order valence-corrected chi connectivity index (χ1v) is 7.24. The minimum Gasteiger partial charge on any atom is -0.396 e. The highest BCUT2D eigenvalue weighted by atomic mass is 16.5. The third kappa shape index (κ3) is 2.11. The molecule has 19 heavy (non-hydrogen) atoms. The molecule has 106 valence electrons. The van der Waals surface area contributed by atoms with E-state index in [-0.39, 0.29) is 12.0 Å². The molecule has 0 aliphatic carbocycles. The maximum atomic E-state index is 9.75. The number of aliphatic hydroxyl groups is 1. The zero-order chi connectivity index (χ0) is 14.2. The van der Waals surface area contributed by atoms with Crippen molar-refractivity contribution in [2.75, 3.05) is 19.8 Å². The molecule has 0 saturated carbocycles. The molecule has 1 aromatic rings. The summed E-state index contributed by atoms with van der Waals surface area (Å²) >= 11 is 0. The van der Waals surface area contributed by atoms with Crippen LogP contribution in [0.1, 0.15) is 41.2 Å². The zero-order valence-corrected chi connectivity index (χ0v) is 12.8. The van der Waals surface area contributed by atoms with Crippen molar-refractivity contribution in [2.24, 2.45) is 5.92 Å². The molecular weight excluding hydrogens is 236 g/mol.